The number of fused-ring (bicyclic) bond motifs is 2. The number of para-hydroxylation sites is 1. The lowest BCUT2D eigenvalue weighted by atomic mass is 10.0. The van der Waals surface area contributed by atoms with Crippen LogP contribution in [0, 0.1) is 0 Å². The van der Waals surface area contributed by atoms with E-state index in [1.54, 1.807) is 23.7 Å². The highest BCUT2D eigenvalue weighted by Crippen LogP contribution is 2.46. The van der Waals surface area contributed by atoms with Gasteiger partial charge in [-0.05, 0) is 47.5 Å². The van der Waals surface area contributed by atoms with Gasteiger partial charge in [-0.15, -0.1) is 23.4 Å². The Kier molecular flexibility index (Phi) is 3.70. The van der Waals surface area contributed by atoms with Gasteiger partial charge in [-0.2, -0.15) is 0 Å². The molecular formula is C15H14ClNS2. The average molecular weight is 308 g/mol. The summed E-state index contributed by atoms with van der Waals surface area (Å²) < 4.78 is 2.20. The van der Waals surface area contributed by atoms with E-state index in [9.17, 15) is 0 Å². The highest BCUT2D eigenvalue weighted by atomic mass is 35.5. The first kappa shape index (κ1) is 13.2. The molecule has 98 valence electrons. The Hall–Kier alpha value is -0.770. The maximum atomic E-state index is 6.70. The molecule has 2 aromatic rings. The third-order valence-corrected chi connectivity index (χ3v) is 5.49. The largest absolute Gasteiger partial charge is 0.315 e. The van der Waals surface area contributed by atoms with Gasteiger partial charge in [-0.25, -0.2) is 0 Å². The van der Waals surface area contributed by atoms with Crippen LogP contribution >= 0.6 is 35.3 Å². The summed E-state index contributed by atoms with van der Waals surface area (Å²) in [5, 5.41) is -0.0837. The van der Waals surface area contributed by atoms with E-state index in [2.05, 4.69) is 54.0 Å². The van der Waals surface area contributed by atoms with Crippen LogP contribution in [0.5, 0.6) is 0 Å². The number of benzene rings is 2. The molecule has 0 radical (unpaired) electrons. The summed E-state index contributed by atoms with van der Waals surface area (Å²) >= 11 is 10.2. The Morgan fingerprint density at radius 2 is 1.95 bits per heavy atom. The van der Waals surface area contributed by atoms with E-state index in [1.807, 2.05) is 6.07 Å². The van der Waals surface area contributed by atoms with Gasteiger partial charge in [0.2, 0.25) is 0 Å². The third-order valence-electron chi connectivity index (χ3n) is 3.28. The molecule has 0 aromatic heterocycles. The molecule has 0 spiro atoms. The van der Waals surface area contributed by atoms with Crippen molar-refractivity contribution in [3.8, 4) is 0 Å². The number of hydrogen-bond donors (Lipinski definition) is 0. The molecule has 19 heavy (non-hydrogen) atoms. The summed E-state index contributed by atoms with van der Waals surface area (Å²) in [5.41, 5.74) is 3.56. The lowest BCUT2D eigenvalue weighted by molar-refractivity contribution is 1.08. The number of thioether (sulfide) groups is 1. The van der Waals surface area contributed by atoms with Crippen LogP contribution in [0.2, 0.25) is 0 Å². The molecule has 3 rings (SSSR count). The van der Waals surface area contributed by atoms with Crippen molar-refractivity contribution in [2.24, 2.45) is 0 Å². The topological polar surface area (TPSA) is 3.24 Å². The maximum Gasteiger partial charge on any atom is 0.0867 e. The Morgan fingerprint density at radius 3 is 2.74 bits per heavy atom. The third kappa shape index (κ3) is 2.35. The van der Waals surface area contributed by atoms with E-state index < -0.39 is 0 Å². The average Bonchev–Trinajstić information content (AvgIpc) is 2.55. The molecule has 1 unspecified atom stereocenters. The number of anilines is 1. The summed E-state index contributed by atoms with van der Waals surface area (Å²) in [5.74, 6) is 0. The summed E-state index contributed by atoms with van der Waals surface area (Å²) in [4.78, 5) is 2.51. The SMILES string of the molecule is CSc1ccc2c(c1)SN(C)c1ccccc1C2Cl. The van der Waals surface area contributed by atoms with Crippen molar-refractivity contribution in [1.29, 1.82) is 0 Å². The second kappa shape index (κ2) is 5.31. The Balaban J connectivity index is 2.16. The van der Waals surface area contributed by atoms with Crippen molar-refractivity contribution in [3.63, 3.8) is 0 Å². The molecule has 0 bridgehead atoms. The number of halogens is 1. The van der Waals surface area contributed by atoms with Gasteiger partial charge in [0.05, 0.1) is 11.1 Å². The molecular weight excluding hydrogens is 294 g/mol. The minimum Gasteiger partial charge on any atom is -0.315 e. The number of hydrogen-bond acceptors (Lipinski definition) is 3. The van der Waals surface area contributed by atoms with Crippen molar-refractivity contribution in [3.05, 3.63) is 53.6 Å². The van der Waals surface area contributed by atoms with Crippen molar-refractivity contribution in [2.75, 3.05) is 17.6 Å². The van der Waals surface area contributed by atoms with Crippen LogP contribution in [0.25, 0.3) is 0 Å². The predicted molar refractivity (Wildman–Crippen MR) is 86.6 cm³/mol. The Labute approximate surface area is 127 Å². The Bertz CT molecular complexity index is 615. The molecule has 1 aliphatic rings. The lowest BCUT2D eigenvalue weighted by Crippen LogP contribution is -2.06. The highest BCUT2D eigenvalue weighted by molar-refractivity contribution is 8.01. The molecule has 0 amide bonds. The summed E-state index contributed by atoms with van der Waals surface area (Å²) in [7, 11) is 2.09. The van der Waals surface area contributed by atoms with E-state index in [1.165, 1.54) is 26.6 Å². The molecule has 0 fully saturated rings. The van der Waals surface area contributed by atoms with E-state index in [0.717, 1.165) is 0 Å². The van der Waals surface area contributed by atoms with Crippen molar-refractivity contribution < 1.29 is 0 Å². The van der Waals surface area contributed by atoms with Gasteiger partial charge in [0, 0.05) is 16.8 Å². The molecule has 0 aliphatic carbocycles. The van der Waals surface area contributed by atoms with Crippen LogP contribution in [-0.2, 0) is 0 Å². The fraction of sp³-hybridized carbons (Fsp3) is 0.200. The van der Waals surface area contributed by atoms with Crippen LogP contribution in [0.3, 0.4) is 0 Å². The summed E-state index contributed by atoms with van der Waals surface area (Å²) in [6, 6.07) is 14.9. The Morgan fingerprint density at radius 1 is 1.16 bits per heavy atom. The van der Waals surface area contributed by atoms with Gasteiger partial charge in [0.25, 0.3) is 0 Å². The fourth-order valence-corrected chi connectivity index (χ4v) is 4.27. The summed E-state index contributed by atoms with van der Waals surface area (Å²) in [6.07, 6.45) is 2.10. The molecule has 1 heterocycles. The van der Waals surface area contributed by atoms with Crippen molar-refractivity contribution >= 4 is 41.0 Å². The zero-order chi connectivity index (χ0) is 13.4. The van der Waals surface area contributed by atoms with Gasteiger partial charge in [-0.1, -0.05) is 24.3 Å². The zero-order valence-electron chi connectivity index (χ0n) is 10.8. The number of nitrogens with zero attached hydrogens (tertiary/aromatic N) is 1. The van der Waals surface area contributed by atoms with Crippen molar-refractivity contribution in [1.82, 2.24) is 0 Å². The predicted octanol–water partition coefficient (Wildman–Crippen LogP) is 5.19. The fourth-order valence-electron chi connectivity index (χ4n) is 2.28. The van der Waals surface area contributed by atoms with E-state index in [4.69, 9.17) is 11.6 Å². The van der Waals surface area contributed by atoms with E-state index in [-0.39, 0.29) is 5.38 Å². The molecule has 1 atom stereocenters. The molecule has 0 saturated heterocycles. The maximum absolute atomic E-state index is 6.70. The quantitative estimate of drug-likeness (QED) is 0.405. The highest BCUT2D eigenvalue weighted by Gasteiger charge is 2.24. The lowest BCUT2D eigenvalue weighted by Gasteiger charge is -2.18. The van der Waals surface area contributed by atoms with Crippen LogP contribution < -0.4 is 4.31 Å². The number of alkyl halides is 1. The molecule has 0 N–H and O–H groups in total. The van der Waals surface area contributed by atoms with Crippen LogP contribution in [0.1, 0.15) is 16.5 Å². The van der Waals surface area contributed by atoms with Crippen LogP contribution in [0.4, 0.5) is 5.69 Å². The van der Waals surface area contributed by atoms with Gasteiger partial charge in [0.1, 0.15) is 0 Å². The molecule has 1 nitrogen and oxygen atoms in total. The van der Waals surface area contributed by atoms with Gasteiger partial charge in [0.15, 0.2) is 0 Å². The first-order valence-electron chi connectivity index (χ1n) is 6.03. The molecule has 1 aliphatic heterocycles. The van der Waals surface area contributed by atoms with Crippen LogP contribution in [0.15, 0.2) is 52.3 Å². The minimum absolute atomic E-state index is 0.0837. The first-order valence-corrected chi connectivity index (χ1v) is 8.47. The summed E-state index contributed by atoms with van der Waals surface area (Å²) in [6.45, 7) is 0. The van der Waals surface area contributed by atoms with Crippen LogP contribution in [-0.4, -0.2) is 13.3 Å². The van der Waals surface area contributed by atoms with E-state index in [0.29, 0.717) is 0 Å². The minimum atomic E-state index is -0.0837. The van der Waals surface area contributed by atoms with Gasteiger partial charge < -0.3 is 4.31 Å². The van der Waals surface area contributed by atoms with E-state index >= 15 is 0 Å². The molecule has 0 saturated carbocycles. The van der Waals surface area contributed by atoms with Gasteiger partial charge in [-0.3, -0.25) is 0 Å². The smallest absolute Gasteiger partial charge is 0.0867 e. The zero-order valence-corrected chi connectivity index (χ0v) is 13.1. The molecule has 4 heteroatoms. The standard InChI is InChI=1S/C15H14ClNS2/c1-17-13-6-4-3-5-11(13)15(16)12-8-7-10(18-2)9-14(12)19-17/h3-9,15H,1-2H3. The monoisotopic (exact) mass is 307 g/mol. The second-order valence-corrected chi connectivity index (χ2v) is 6.90. The normalized spacial score (nSPS) is 17.6. The van der Waals surface area contributed by atoms with Crippen molar-refractivity contribution in [2.45, 2.75) is 15.2 Å². The first-order chi connectivity index (χ1) is 9.20. The van der Waals surface area contributed by atoms with Gasteiger partial charge >= 0.3 is 0 Å². The second-order valence-electron chi connectivity index (χ2n) is 4.41. The number of rotatable bonds is 1. The molecule has 2 aromatic carbocycles.